The van der Waals surface area contributed by atoms with Gasteiger partial charge in [-0.15, -0.1) is 0 Å². The molecule has 6 heteroatoms. The number of methoxy groups -OCH3 is 1. The summed E-state index contributed by atoms with van der Waals surface area (Å²) in [6, 6.07) is 12.9. The van der Waals surface area contributed by atoms with Crippen molar-refractivity contribution in [3.8, 4) is 5.75 Å². The maximum atomic E-state index is 13.2. The van der Waals surface area contributed by atoms with Gasteiger partial charge in [0.05, 0.1) is 17.0 Å². The van der Waals surface area contributed by atoms with Crippen LogP contribution in [0.3, 0.4) is 0 Å². The Labute approximate surface area is 155 Å². The Morgan fingerprint density at radius 2 is 1.85 bits per heavy atom. The molecule has 6 nitrogen and oxygen atoms in total. The summed E-state index contributed by atoms with van der Waals surface area (Å²) in [6.07, 6.45) is 0.637. The fraction of sp³-hybridized carbons (Fsp3) is 0.238. The number of carbonyl (C=O) groups excluding carboxylic acids is 1. The minimum absolute atomic E-state index is 0.0918. The van der Waals surface area contributed by atoms with Crippen LogP contribution < -0.4 is 5.43 Å². The van der Waals surface area contributed by atoms with Gasteiger partial charge in [0.1, 0.15) is 11.3 Å². The molecule has 0 spiro atoms. The normalized spacial score (nSPS) is 16.1. The molecule has 0 bridgehead atoms. The quantitative estimate of drug-likeness (QED) is 0.703. The minimum atomic E-state index is -0.550. The van der Waals surface area contributed by atoms with E-state index in [1.54, 1.807) is 60.5 Å². The average Bonchev–Trinajstić information content (AvgIpc) is 2.96. The topological polar surface area (TPSA) is 80.0 Å². The van der Waals surface area contributed by atoms with Crippen LogP contribution in [0.25, 0.3) is 11.0 Å². The zero-order chi connectivity index (χ0) is 19.0. The number of aromatic hydroxyl groups is 1. The van der Waals surface area contributed by atoms with E-state index in [9.17, 15) is 14.7 Å². The fourth-order valence-corrected chi connectivity index (χ4v) is 3.58. The van der Waals surface area contributed by atoms with Gasteiger partial charge in [0.25, 0.3) is 5.91 Å². The van der Waals surface area contributed by atoms with Gasteiger partial charge < -0.3 is 19.2 Å². The minimum Gasteiger partial charge on any atom is -0.508 e. The third-order valence-corrected chi connectivity index (χ3v) is 4.83. The SMILES string of the molecule is COCCCN1C(=O)c2oc3ccccc3c(=O)c2C1c1ccc(O)cc1. The van der Waals surface area contributed by atoms with Gasteiger partial charge in [0.2, 0.25) is 5.76 Å². The van der Waals surface area contributed by atoms with E-state index >= 15 is 0 Å². The number of rotatable bonds is 5. The van der Waals surface area contributed by atoms with E-state index in [2.05, 4.69) is 0 Å². The summed E-state index contributed by atoms with van der Waals surface area (Å²) in [6.45, 7) is 0.934. The van der Waals surface area contributed by atoms with E-state index in [-0.39, 0.29) is 22.8 Å². The number of para-hydroxylation sites is 1. The number of nitrogens with zero attached hydrogens (tertiary/aromatic N) is 1. The Kier molecular flexibility index (Phi) is 4.41. The summed E-state index contributed by atoms with van der Waals surface area (Å²) >= 11 is 0. The highest BCUT2D eigenvalue weighted by atomic mass is 16.5. The molecular formula is C21H19NO5. The monoisotopic (exact) mass is 365 g/mol. The van der Waals surface area contributed by atoms with Gasteiger partial charge >= 0.3 is 0 Å². The number of ether oxygens (including phenoxy) is 1. The summed E-state index contributed by atoms with van der Waals surface area (Å²) in [4.78, 5) is 27.9. The lowest BCUT2D eigenvalue weighted by molar-refractivity contribution is 0.0708. The van der Waals surface area contributed by atoms with E-state index in [1.807, 2.05) is 0 Å². The third kappa shape index (κ3) is 2.88. The Bertz CT molecular complexity index is 1050. The largest absolute Gasteiger partial charge is 0.508 e. The number of hydrogen-bond donors (Lipinski definition) is 1. The van der Waals surface area contributed by atoms with Crippen molar-refractivity contribution in [2.45, 2.75) is 12.5 Å². The van der Waals surface area contributed by atoms with Crippen LogP contribution in [0.15, 0.2) is 57.7 Å². The standard InChI is InChI=1S/C21H19NO5/c1-26-12-4-11-22-18(13-7-9-14(23)10-8-13)17-19(24)15-5-2-3-6-16(15)27-20(17)21(22)25/h2-3,5-10,18,23H,4,11-12H2,1H3. The molecule has 4 rings (SSSR count). The van der Waals surface area contributed by atoms with Crippen molar-refractivity contribution in [3.05, 3.63) is 75.6 Å². The molecule has 0 radical (unpaired) electrons. The van der Waals surface area contributed by atoms with Crippen LogP contribution in [-0.2, 0) is 4.74 Å². The van der Waals surface area contributed by atoms with Gasteiger partial charge in [0.15, 0.2) is 5.43 Å². The van der Waals surface area contributed by atoms with E-state index in [0.29, 0.717) is 36.1 Å². The molecule has 1 aromatic heterocycles. The first-order valence-electron chi connectivity index (χ1n) is 8.76. The second-order valence-corrected chi connectivity index (χ2v) is 6.51. The molecule has 0 saturated carbocycles. The number of amides is 1. The Morgan fingerprint density at radius 1 is 1.11 bits per heavy atom. The molecule has 0 aliphatic carbocycles. The van der Waals surface area contributed by atoms with Crippen LogP contribution >= 0.6 is 0 Å². The van der Waals surface area contributed by atoms with Gasteiger partial charge in [-0.25, -0.2) is 0 Å². The molecular weight excluding hydrogens is 346 g/mol. The molecule has 3 aromatic rings. The van der Waals surface area contributed by atoms with Gasteiger partial charge in [-0.3, -0.25) is 9.59 Å². The van der Waals surface area contributed by atoms with Crippen LogP contribution in [-0.4, -0.2) is 36.2 Å². The molecule has 0 saturated heterocycles. The maximum absolute atomic E-state index is 13.2. The Morgan fingerprint density at radius 3 is 2.59 bits per heavy atom. The molecule has 2 aromatic carbocycles. The number of phenols is 1. The second kappa shape index (κ2) is 6.89. The molecule has 1 N–H and O–H groups in total. The molecule has 138 valence electrons. The summed E-state index contributed by atoms with van der Waals surface area (Å²) in [5.74, 6) is -0.0870. The van der Waals surface area contributed by atoms with Gasteiger partial charge in [-0.05, 0) is 36.2 Å². The van der Waals surface area contributed by atoms with Crippen molar-refractivity contribution in [2.24, 2.45) is 0 Å². The predicted octanol–water partition coefficient (Wildman–Crippen LogP) is 3.08. The van der Waals surface area contributed by atoms with Crippen molar-refractivity contribution < 1.29 is 19.1 Å². The van der Waals surface area contributed by atoms with E-state index < -0.39 is 6.04 Å². The van der Waals surface area contributed by atoms with Gasteiger partial charge in [-0.2, -0.15) is 0 Å². The van der Waals surface area contributed by atoms with Crippen molar-refractivity contribution in [3.63, 3.8) is 0 Å². The van der Waals surface area contributed by atoms with E-state index in [0.717, 1.165) is 5.56 Å². The van der Waals surface area contributed by atoms with Gasteiger partial charge in [0, 0.05) is 20.3 Å². The first kappa shape index (κ1) is 17.3. The van der Waals surface area contributed by atoms with E-state index in [4.69, 9.17) is 9.15 Å². The number of carbonyl (C=O) groups is 1. The summed E-state index contributed by atoms with van der Waals surface area (Å²) < 4.78 is 10.9. The number of phenolic OH excluding ortho intramolecular Hbond substituents is 1. The van der Waals surface area contributed by atoms with Crippen molar-refractivity contribution in [1.82, 2.24) is 4.90 Å². The molecule has 0 fully saturated rings. The molecule has 1 aliphatic rings. The van der Waals surface area contributed by atoms with Crippen LogP contribution in [0, 0.1) is 0 Å². The van der Waals surface area contributed by atoms with Crippen LogP contribution in [0.4, 0.5) is 0 Å². The summed E-state index contributed by atoms with van der Waals surface area (Å²) in [5.41, 5.74) is 1.30. The predicted molar refractivity (Wildman–Crippen MR) is 100.0 cm³/mol. The van der Waals surface area contributed by atoms with Crippen molar-refractivity contribution in [2.75, 3.05) is 20.3 Å². The Balaban J connectivity index is 1.90. The summed E-state index contributed by atoms with van der Waals surface area (Å²) in [5, 5.41) is 10.1. The number of fused-ring (bicyclic) bond motifs is 2. The third-order valence-electron chi connectivity index (χ3n) is 4.83. The highest BCUT2D eigenvalue weighted by Crippen LogP contribution is 2.38. The highest BCUT2D eigenvalue weighted by molar-refractivity contribution is 5.99. The van der Waals surface area contributed by atoms with E-state index in [1.165, 1.54) is 0 Å². The van der Waals surface area contributed by atoms with Crippen molar-refractivity contribution in [1.29, 1.82) is 0 Å². The lowest BCUT2D eigenvalue weighted by Gasteiger charge is -2.25. The average molecular weight is 365 g/mol. The zero-order valence-electron chi connectivity index (χ0n) is 14.8. The first-order chi connectivity index (χ1) is 13.1. The second-order valence-electron chi connectivity index (χ2n) is 6.51. The first-order valence-corrected chi connectivity index (χ1v) is 8.76. The zero-order valence-corrected chi connectivity index (χ0v) is 14.8. The molecule has 27 heavy (non-hydrogen) atoms. The molecule has 1 atom stereocenters. The molecule has 1 amide bonds. The van der Waals surface area contributed by atoms with Gasteiger partial charge in [-0.1, -0.05) is 24.3 Å². The number of hydrogen-bond acceptors (Lipinski definition) is 5. The van der Waals surface area contributed by atoms with Crippen LogP contribution in [0.5, 0.6) is 5.75 Å². The fourth-order valence-electron chi connectivity index (χ4n) is 3.58. The van der Waals surface area contributed by atoms with Crippen LogP contribution in [0.2, 0.25) is 0 Å². The molecule has 1 unspecified atom stereocenters. The lowest BCUT2D eigenvalue weighted by Crippen LogP contribution is -2.31. The maximum Gasteiger partial charge on any atom is 0.290 e. The molecule has 1 aliphatic heterocycles. The molecule has 2 heterocycles. The van der Waals surface area contributed by atoms with Crippen LogP contribution in [0.1, 0.15) is 34.1 Å². The highest BCUT2D eigenvalue weighted by Gasteiger charge is 2.42. The summed E-state index contributed by atoms with van der Waals surface area (Å²) in [7, 11) is 1.61. The number of benzene rings is 2. The van der Waals surface area contributed by atoms with Crippen molar-refractivity contribution >= 4 is 16.9 Å². The smallest absolute Gasteiger partial charge is 0.290 e. The lowest BCUT2D eigenvalue weighted by atomic mass is 9.98. The Hall–Kier alpha value is -3.12.